The standard InChI is InChI=1S/C16H10Cl2N2O5S/c17-8-1-9(18)3-10(2-8)19-15(21)6-26-16(19)11-4-13-14(25-7-24-13)5-12(11)20(22)23/h1-5,16H,6-7H2. The van der Waals surface area contributed by atoms with Gasteiger partial charge in [-0.1, -0.05) is 23.2 Å². The lowest BCUT2D eigenvalue weighted by Crippen LogP contribution is -2.28. The lowest BCUT2D eigenvalue weighted by molar-refractivity contribution is -0.385. The van der Waals surface area contributed by atoms with Crippen molar-refractivity contribution in [1.82, 2.24) is 0 Å². The summed E-state index contributed by atoms with van der Waals surface area (Å²) in [5.41, 5.74) is 0.695. The van der Waals surface area contributed by atoms with E-state index in [2.05, 4.69) is 0 Å². The molecule has 0 N–H and O–H groups in total. The van der Waals surface area contributed by atoms with Crippen LogP contribution in [0.5, 0.6) is 11.5 Å². The number of hydrogen-bond acceptors (Lipinski definition) is 6. The lowest BCUT2D eigenvalue weighted by Gasteiger charge is -2.24. The molecule has 0 aromatic heterocycles. The normalized spacial score (nSPS) is 18.5. The van der Waals surface area contributed by atoms with Crippen molar-refractivity contribution in [3.05, 3.63) is 56.1 Å². The molecule has 4 rings (SSSR count). The first-order valence-electron chi connectivity index (χ1n) is 7.42. The molecule has 10 heteroatoms. The Bertz CT molecular complexity index is 919. The van der Waals surface area contributed by atoms with Crippen molar-refractivity contribution in [2.75, 3.05) is 17.4 Å². The summed E-state index contributed by atoms with van der Waals surface area (Å²) in [4.78, 5) is 25.0. The van der Waals surface area contributed by atoms with Crippen LogP contribution >= 0.6 is 35.0 Å². The van der Waals surface area contributed by atoms with Crippen molar-refractivity contribution < 1.29 is 19.2 Å². The number of amides is 1. The topological polar surface area (TPSA) is 81.9 Å². The van der Waals surface area contributed by atoms with Crippen LogP contribution in [0.1, 0.15) is 10.9 Å². The third kappa shape index (κ3) is 2.94. The molecule has 0 radical (unpaired) electrons. The van der Waals surface area contributed by atoms with Gasteiger partial charge in [0, 0.05) is 15.7 Å². The Morgan fingerprint density at radius 2 is 1.77 bits per heavy atom. The van der Waals surface area contributed by atoms with Crippen molar-refractivity contribution in [1.29, 1.82) is 0 Å². The van der Waals surface area contributed by atoms with Gasteiger partial charge in [-0.05, 0) is 24.3 Å². The highest BCUT2D eigenvalue weighted by Gasteiger charge is 2.39. The van der Waals surface area contributed by atoms with Crippen LogP contribution in [-0.2, 0) is 4.79 Å². The average Bonchev–Trinajstić information content (AvgIpc) is 3.18. The molecule has 1 fully saturated rings. The number of nitro benzene ring substituents is 1. The molecule has 1 unspecified atom stereocenters. The number of ether oxygens (including phenoxy) is 2. The number of nitro groups is 1. The number of hydrogen-bond donors (Lipinski definition) is 0. The van der Waals surface area contributed by atoms with Crippen LogP contribution < -0.4 is 14.4 Å². The minimum Gasteiger partial charge on any atom is -0.454 e. The second-order valence-corrected chi connectivity index (χ2v) is 7.52. The van der Waals surface area contributed by atoms with Gasteiger partial charge in [-0.2, -0.15) is 0 Å². The first kappa shape index (κ1) is 17.3. The summed E-state index contributed by atoms with van der Waals surface area (Å²) in [6, 6.07) is 7.63. The Hall–Kier alpha value is -2.16. The SMILES string of the molecule is O=C1CSC(c2cc3c(cc2[N+](=O)[O-])OCO3)N1c1cc(Cl)cc(Cl)c1. The highest BCUT2D eigenvalue weighted by atomic mass is 35.5. The van der Waals surface area contributed by atoms with Crippen LogP contribution in [0.2, 0.25) is 10.0 Å². The smallest absolute Gasteiger partial charge is 0.279 e. The summed E-state index contributed by atoms with van der Waals surface area (Å²) >= 11 is 13.4. The molecular formula is C16H10Cl2N2O5S. The van der Waals surface area contributed by atoms with Gasteiger partial charge >= 0.3 is 0 Å². The van der Waals surface area contributed by atoms with E-state index in [1.54, 1.807) is 24.3 Å². The van der Waals surface area contributed by atoms with Gasteiger partial charge in [0.25, 0.3) is 5.69 Å². The molecule has 134 valence electrons. The second kappa shape index (κ2) is 6.53. The maximum absolute atomic E-state index is 12.5. The number of carbonyl (C=O) groups is 1. The maximum atomic E-state index is 12.5. The molecule has 26 heavy (non-hydrogen) atoms. The van der Waals surface area contributed by atoms with E-state index in [-0.39, 0.29) is 24.1 Å². The van der Waals surface area contributed by atoms with Crippen molar-refractivity contribution in [2.24, 2.45) is 0 Å². The molecule has 0 spiro atoms. The Kier molecular flexibility index (Phi) is 4.34. The quantitative estimate of drug-likeness (QED) is 0.548. The highest BCUT2D eigenvalue weighted by Crippen LogP contribution is 2.49. The molecule has 0 bridgehead atoms. The van der Waals surface area contributed by atoms with Gasteiger partial charge in [-0.3, -0.25) is 19.8 Å². The Balaban J connectivity index is 1.84. The zero-order valence-corrected chi connectivity index (χ0v) is 15.3. The van der Waals surface area contributed by atoms with Gasteiger partial charge in [0.1, 0.15) is 5.37 Å². The number of thioether (sulfide) groups is 1. The summed E-state index contributed by atoms with van der Waals surface area (Å²) in [5.74, 6) is 0.715. The van der Waals surface area contributed by atoms with E-state index in [0.717, 1.165) is 0 Å². The molecule has 2 heterocycles. The van der Waals surface area contributed by atoms with Crippen molar-refractivity contribution in [2.45, 2.75) is 5.37 Å². The van der Waals surface area contributed by atoms with E-state index in [0.29, 0.717) is 32.8 Å². The van der Waals surface area contributed by atoms with Crippen LogP contribution in [0.15, 0.2) is 30.3 Å². The van der Waals surface area contributed by atoms with Crippen LogP contribution in [0.3, 0.4) is 0 Å². The fraction of sp³-hybridized carbons (Fsp3) is 0.188. The lowest BCUT2D eigenvalue weighted by atomic mass is 10.1. The Morgan fingerprint density at radius 1 is 1.12 bits per heavy atom. The second-order valence-electron chi connectivity index (χ2n) is 5.58. The van der Waals surface area contributed by atoms with Crippen LogP contribution in [0.25, 0.3) is 0 Å². The minimum absolute atomic E-state index is 0.000294. The molecule has 2 aliphatic rings. The molecule has 2 aromatic rings. The van der Waals surface area contributed by atoms with Gasteiger partial charge in [-0.25, -0.2) is 0 Å². The van der Waals surface area contributed by atoms with Crippen molar-refractivity contribution in [3.63, 3.8) is 0 Å². The third-order valence-electron chi connectivity index (χ3n) is 3.98. The summed E-state index contributed by atoms with van der Waals surface area (Å²) in [6.45, 7) is 0.000294. The largest absolute Gasteiger partial charge is 0.454 e. The van der Waals surface area contributed by atoms with Crippen LogP contribution in [0, 0.1) is 10.1 Å². The number of halogens is 2. The van der Waals surface area contributed by atoms with Gasteiger partial charge in [0.2, 0.25) is 12.7 Å². The number of anilines is 1. The summed E-state index contributed by atoms with van der Waals surface area (Å²) < 4.78 is 10.6. The van der Waals surface area contributed by atoms with Gasteiger partial charge in [0.05, 0.1) is 22.3 Å². The number of fused-ring (bicyclic) bond motifs is 1. The van der Waals surface area contributed by atoms with E-state index < -0.39 is 10.3 Å². The number of nitrogens with zero attached hydrogens (tertiary/aromatic N) is 2. The summed E-state index contributed by atoms with van der Waals surface area (Å²) in [5, 5.41) is 11.7. The molecule has 1 atom stereocenters. The Morgan fingerprint density at radius 3 is 2.42 bits per heavy atom. The molecule has 2 aliphatic heterocycles. The summed E-state index contributed by atoms with van der Waals surface area (Å²) in [7, 11) is 0. The van der Waals surface area contributed by atoms with E-state index in [1.807, 2.05) is 0 Å². The van der Waals surface area contributed by atoms with Gasteiger partial charge < -0.3 is 9.47 Å². The highest BCUT2D eigenvalue weighted by molar-refractivity contribution is 8.00. The van der Waals surface area contributed by atoms with Crippen molar-refractivity contribution >= 4 is 52.2 Å². The molecular weight excluding hydrogens is 403 g/mol. The first-order valence-corrected chi connectivity index (χ1v) is 9.22. The number of rotatable bonds is 3. The molecule has 1 saturated heterocycles. The van der Waals surface area contributed by atoms with Crippen LogP contribution in [0.4, 0.5) is 11.4 Å². The molecule has 7 nitrogen and oxygen atoms in total. The molecule has 1 amide bonds. The number of carbonyl (C=O) groups excluding carboxylic acids is 1. The predicted octanol–water partition coefficient (Wildman–Crippen LogP) is 4.41. The van der Waals surface area contributed by atoms with E-state index in [9.17, 15) is 14.9 Å². The maximum Gasteiger partial charge on any atom is 0.279 e. The molecule has 0 saturated carbocycles. The zero-order valence-electron chi connectivity index (χ0n) is 13.0. The summed E-state index contributed by atoms with van der Waals surface area (Å²) in [6.07, 6.45) is 0. The van der Waals surface area contributed by atoms with E-state index in [4.69, 9.17) is 32.7 Å². The average molecular weight is 413 g/mol. The molecule has 2 aromatic carbocycles. The number of benzene rings is 2. The fourth-order valence-electron chi connectivity index (χ4n) is 2.91. The van der Waals surface area contributed by atoms with Gasteiger partial charge in [0.15, 0.2) is 11.5 Å². The third-order valence-corrected chi connectivity index (χ3v) is 5.61. The Labute approximate surface area is 161 Å². The van der Waals surface area contributed by atoms with E-state index in [1.165, 1.54) is 22.7 Å². The van der Waals surface area contributed by atoms with Crippen LogP contribution in [-0.4, -0.2) is 23.4 Å². The van der Waals surface area contributed by atoms with Crippen molar-refractivity contribution in [3.8, 4) is 11.5 Å². The first-order chi connectivity index (χ1) is 12.4. The van der Waals surface area contributed by atoms with E-state index >= 15 is 0 Å². The monoisotopic (exact) mass is 412 g/mol. The fourth-order valence-corrected chi connectivity index (χ4v) is 4.63. The predicted molar refractivity (Wildman–Crippen MR) is 98.4 cm³/mol. The van der Waals surface area contributed by atoms with Gasteiger partial charge in [-0.15, -0.1) is 11.8 Å². The zero-order chi connectivity index (χ0) is 18.4. The minimum atomic E-state index is -0.605. The molecule has 0 aliphatic carbocycles.